The summed E-state index contributed by atoms with van der Waals surface area (Å²) in [6.07, 6.45) is -0.741. The number of carboxylic acids is 1. The lowest BCUT2D eigenvalue weighted by atomic mass is 9.86. The van der Waals surface area contributed by atoms with E-state index in [1.54, 1.807) is 20.8 Å². The molecule has 0 unspecified atom stereocenters. The molecular weight excluding hydrogens is 400 g/mol. The van der Waals surface area contributed by atoms with Gasteiger partial charge in [-0.3, -0.25) is 9.63 Å². The third kappa shape index (κ3) is 5.21. The molecular formula is C23H26N2O6. The third-order valence-electron chi connectivity index (χ3n) is 5.10. The average molecular weight is 426 g/mol. The first kappa shape index (κ1) is 22.3. The number of alkyl carbamates (subject to hydrolysis) is 1. The van der Waals surface area contributed by atoms with E-state index in [4.69, 9.17) is 9.84 Å². The SMILES string of the molecule is CC(C)(C)[C@@H](NC(=O)OCC1c2ccccc2-c2ccccc21)C(=O)NOCC(=O)O. The van der Waals surface area contributed by atoms with Crippen LogP contribution in [0.5, 0.6) is 0 Å². The predicted octanol–water partition coefficient (Wildman–Crippen LogP) is 3.07. The Bertz CT molecular complexity index is 937. The van der Waals surface area contributed by atoms with Crippen LogP contribution in [0.2, 0.25) is 0 Å². The van der Waals surface area contributed by atoms with Crippen LogP contribution in [-0.4, -0.2) is 42.3 Å². The summed E-state index contributed by atoms with van der Waals surface area (Å²) in [6, 6.07) is 15.0. The number of aliphatic carboxylic acids is 1. The maximum Gasteiger partial charge on any atom is 0.407 e. The summed E-state index contributed by atoms with van der Waals surface area (Å²) < 4.78 is 5.49. The minimum Gasteiger partial charge on any atom is -0.479 e. The van der Waals surface area contributed by atoms with Crippen molar-refractivity contribution in [3.8, 4) is 11.1 Å². The molecule has 0 saturated carbocycles. The molecule has 0 radical (unpaired) electrons. The predicted molar refractivity (Wildman–Crippen MR) is 113 cm³/mol. The van der Waals surface area contributed by atoms with Gasteiger partial charge in [0.25, 0.3) is 5.91 Å². The maximum absolute atomic E-state index is 12.5. The van der Waals surface area contributed by atoms with Crippen molar-refractivity contribution in [2.75, 3.05) is 13.2 Å². The lowest BCUT2D eigenvalue weighted by Gasteiger charge is -2.29. The zero-order valence-electron chi connectivity index (χ0n) is 17.7. The molecule has 2 aromatic carbocycles. The molecule has 0 fully saturated rings. The largest absolute Gasteiger partial charge is 0.479 e. The van der Waals surface area contributed by atoms with Crippen LogP contribution in [0.4, 0.5) is 4.79 Å². The van der Waals surface area contributed by atoms with E-state index in [1.807, 2.05) is 48.5 Å². The van der Waals surface area contributed by atoms with Gasteiger partial charge in [-0.2, -0.15) is 0 Å². The lowest BCUT2D eigenvalue weighted by molar-refractivity contribution is -0.150. The number of carbonyl (C=O) groups excluding carboxylic acids is 2. The van der Waals surface area contributed by atoms with Crippen molar-refractivity contribution in [1.29, 1.82) is 0 Å². The van der Waals surface area contributed by atoms with Gasteiger partial charge in [0.15, 0.2) is 6.61 Å². The highest BCUT2D eigenvalue weighted by Gasteiger charge is 2.34. The molecule has 2 amide bonds. The molecule has 0 heterocycles. The topological polar surface area (TPSA) is 114 Å². The number of rotatable bonds is 7. The van der Waals surface area contributed by atoms with Gasteiger partial charge in [-0.25, -0.2) is 15.1 Å². The molecule has 31 heavy (non-hydrogen) atoms. The van der Waals surface area contributed by atoms with E-state index in [0.29, 0.717) is 0 Å². The fourth-order valence-corrected chi connectivity index (χ4v) is 3.66. The van der Waals surface area contributed by atoms with E-state index in [0.717, 1.165) is 22.3 Å². The van der Waals surface area contributed by atoms with E-state index in [-0.39, 0.29) is 12.5 Å². The van der Waals surface area contributed by atoms with E-state index in [2.05, 4.69) is 15.6 Å². The summed E-state index contributed by atoms with van der Waals surface area (Å²) in [6.45, 7) is 4.72. The molecule has 3 rings (SSSR count). The quantitative estimate of drug-likeness (QED) is 0.587. The number of nitrogens with one attached hydrogen (secondary N) is 2. The molecule has 0 aliphatic heterocycles. The average Bonchev–Trinajstić information content (AvgIpc) is 3.03. The fourth-order valence-electron chi connectivity index (χ4n) is 3.66. The first-order valence-electron chi connectivity index (χ1n) is 9.93. The second-order valence-electron chi connectivity index (χ2n) is 8.42. The van der Waals surface area contributed by atoms with Crippen LogP contribution < -0.4 is 10.8 Å². The van der Waals surface area contributed by atoms with Crippen LogP contribution in [-0.2, 0) is 19.2 Å². The summed E-state index contributed by atoms with van der Waals surface area (Å²) in [7, 11) is 0. The third-order valence-corrected chi connectivity index (χ3v) is 5.10. The summed E-state index contributed by atoms with van der Waals surface area (Å²) in [5, 5.41) is 11.2. The number of amides is 2. The molecule has 0 bridgehead atoms. The maximum atomic E-state index is 12.5. The molecule has 8 nitrogen and oxygen atoms in total. The minimum atomic E-state index is -1.22. The lowest BCUT2D eigenvalue weighted by Crippen LogP contribution is -2.53. The van der Waals surface area contributed by atoms with Crippen molar-refractivity contribution in [2.24, 2.45) is 5.41 Å². The van der Waals surface area contributed by atoms with Gasteiger partial charge in [0.1, 0.15) is 12.6 Å². The summed E-state index contributed by atoms with van der Waals surface area (Å²) in [5.41, 5.74) is 5.81. The number of carbonyl (C=O) groups is 3. The number of hydrogen-bond donors (Lipinski definition) is 3. The van der Waals surface area contributed by atoms with E-state index < -0.39 is 36.0 Å². The highest BCUT2D eigenvalue weighted by atomic mass is 16.7. The number of hydroxylamine groups is 1. The van der Waals surface area contributed by atoms with Gasteiger partial charge in [-0.1, -0.05) is 69.3 Å². The van der Waals surface area contributed by atoms with Crippen LogP contribution >= 0.6 is 0 Å². The van der Waals surface area contributed by atoms with Crippen molar-refractivity contribution in [2.45, 2.75) is 32.7 Å². The van der Waals surface area contributed by atoms with Gasteiger partial charge in [-0.05, 0) is 27.7 Å². The first-order valence-corrected chi connectivity index (χ1v) is 9.93. The Hall–Kier alpha value is -3.39. The van der Waals surface area contributed by atoms with Crippen molar-refractivity contribution in [3.63, 3.8) is 0 Å². The zero-order valence-corrected chi connectivity index (χ0v) is 17.7. The Morgan fingerprint density at radius 1 is 1.00 bits per heavy atom. The van der Waals surface area contributed by atoms with Gasteiger partial charge >= 0.3 is 12.1 Å². The Kier molecular flexibility index (Phi) is 6.60. The minimum absolute atomic E-state index is 0.0982. The molecule has 2 aromatic rings. The number of ether oxygens (including phenoxy) is 1. The molecule has 1 aliphatic carbocycles. The summed E-state index contributed by atoms with van der Waals surface area (Å²) in [5.74, 6) is -1.99. The van der Waals surface area contributed by atoms with E-state index in [9.17, 15) is 14.4 Å². The molecule has 0 saturated heterocycles. The number of carboxylic acid groups (broad SMARTS) is 1. The van der Waals surface area contributed by atoms with Crippen LogP contribution in [0, 0.1) is 5.41 Å². The van der Waals surface area contributed by atoms with Crippen molar-refractivity contribution in [3.05, 3.63) is 59.7 Å². The Morgan fingerprint density at radius 3 is 2.06 bits per heavy atom. The van der Waals surface area contributed by atoms with Crippen LogP contribution in [0.25, 0.3) is 11.1 Å². The summed E-state index contributed by atoms with van der Waals surface area (Å²) >= 11 is 0. The zero-order chi connectivity index (χ0) is 22.6. The van der Waals surface area contributed by atoms with E-state index in [1.165, 1.54) is 0 Å². The van der Waals surface area contributed by atoms with Gasteiger partial charge in [0.05, 0.1) is 0 Å². The van der Waals surface area contributed by atoms with Crippen LogP contribution in [0.3, 0.4) is 0 Å². The monoisotopic (exact) mass is 426 g/mol. The Labute approximate surface area is 180 Å². The second kappa shape index (κ2) is 9.18. The molecule has 164 valence electrons. The van der Waals surface area contributed by atoms with Crippen LogP contribution in [0.1, 0.15) is 37.8 Å². The standard InChI is InChI=1S/C23H26N2O6/c1-23(2,3)20(21(28)25-31-13-19(26)27)24-22(29)30-12-18-16-10-6-4-8-14(16)15-9-5-7-11-17(15)18/h4-11,18,20H,12-13H2,1-3H3,(H,24,29)(H,25,28)(H,26,27)/t20-/m0/s1. The highest BCUT2D eigenvalue weighted by Crippen LogP contribution is 2.44. The van der Waals surface area contributed by atoms with Crippen LogP contribution in [0.15, 0.2) is 48.5 Å². The first-order chi connectivity index (χ1) is 14.7. The van der Waals surface area contributed by atoms with Crippen molar-refractivity contribution >= 4 is 18.0 Å². The summed E-state index contributed by atoms with van der Waals surface area (Å²) in [4.78, 5) is 40.1. The normalized spacial score (nSPS) is 13.6. The molecule has 0 spiro atoms. The highest BCUT2D eigenvalue weighted by molar-refractivity contribution is 5.86. The van der Waals surface area contributed by atoms with Crippen molar-refractivity contribution < 1.29 is 29.1 Å². The Morgan fingerprint density at radius 2 is 1.55 bits per heavy atom. The fraction of sp³-hybridized carbons (Fsp3) is 0.348. The van der Waals surface area contributed by atoms with E-state index >= 15 is 0 Å². The van der Waals surface area contributed by atoms with Gasteiger partial charge in [0, 0.05) is 5.92 Å². The smallest absolute Gasteiger partial charge is 0.407 e. The van der Waals surface area contributed by atoms with Gasteiger partial charge < -0.3 is 15.2 Å². The molecule has 0 aromatic heterocycles. The molecule has 1 atom stereocenters. The Balaban J connectivity index is 1.66. The van der Waals surface area contributed by atoms with Gasteiger partial charge in [-0.15, -0.1) is 0 Å². The van der Waals surface area contributed by atoms with Crippen molar-refractivity contribution in [1.82, 2.24) is 10.8 Å². The molecule has 1 aliphatic rings. The van der Waals surface area contributed by atoms with Gasteiger partial charge in [0.2, 0.25) is 0 Å². The molecule has 8 heteroatoms. The molecule has 3 N–H and O–H groups in total. The number of hydrogen-bond acceptors (Lipinski definition) is 5. The number of benzene rings is 2. The number of fused-ring (bicyclic) bond motifs is 3. The second-order valence-corrected chi connectivity index (χ2v) is 8.42.